The lowest BCUT2D eigenvalue weighted by Gasteiger charge is -2.33. The zero-order valence-electron chi connectivity index (χ0n) is 17.8. The molecule has 33 heavy (non-hydrogen) atoms. The van der Waals surface area contributed by atoms with E-state index in [9.17, 15) is 0 Å². The minimum Gasteiger partial charge on any atom is -0.310 e. The Kier molecular flexibility index (Phi) is 5.99. The zero-order valence-corrected chi connectivity index (χ0v) is 19.4. The average Bonchev–Trinajstić information content (AvgIpc) is 3.63. The zero-order chi connectivity index (χ0) is 22.8. The highest BCUT2D eigenvalue weighted by Crippen LogP contribution is 2.38. The summed E-state index contributed by atoms with van der Waals surface area (Å²) in [6, 6.07) is 27.7. The van der Waals surface area contributed by atoms with Crippen molar-refractivity contribution < 1.29 is 0 Å². The summed E-state index contributed by atoms with van der Waals surface area (Å²) in [5.74, 6) is 6.87. The Labute approximate surface area is 199 Å². The topological polar surface area (TPSA) is 102 Å². The summed E-state index contributed by atoms with van der Waals surface area (Å²) in [6.45, 7) is 0. The number of anilines is 1. The highest BCUT2D eigenvalue weighted by atomic mass is 32.1. The summed E-state index contributed by atoms with van der Waals surface area (Å²) in [5, 5.41) is 16.3. The smallest absolute Gasteiger partial charge is 0.215 e. The molecular formula is C23H22N8S2. The van der Waals surface area contributed by atoms with Crippen molar-refractivity contribution in [2.24, 2.45) is 11.6 Å². The molecular weight excluding hydrogens is 452 g/mol. The first-order chi connectivity index (χ1) is 16.1. The minimum absolute atomic E-state index is 0.374. The number of benzene rings is 2. The van der Waals surface area contributed by atoms with Crippen LogP contribution in [-0.2, 0) is 0 Å². The molecule has 2 aromatic carbocycles. The predicted octanol–water partition coefficient (Wildman–Crippen LogP) is 4.30. The number of rotatable bonds is 7. The van der Waals surface area contributed by atoms with E-state index in [4.69, 9.17) is 11.6 Å². The van der Waals surface area contributed by atoms with Crippen molar-refractivity contribution in [1.82, 2.24) is 25.2 Å². The van der Waals surface area contributed by atoms with Gasteiger partial charge in [0.2, 0.25) is 5.82 Å². The van der Waals surface area contributed by atoms with Crippen molar-refractivity contribution in [3.8, 4) is 26.1 Å². The molecule has 166 valence electrons. The number of nitrogens with two attached hydrogens (primary N) is 2. The molecule has 8 nitrogen and oxygen atoms in total. The highest BCUT2D eigenvalue weighted by molar-refractivity contribution is 7.23. The maximum Gasteiger partial charge on any atom is 0.215 e. The van der Waals surface area contributed by atoms with Crippen molar-refractivity contribution in [2.45, 2.75) is 6.17 Å². The van der Waals surface area contributed by atoms with Gasteiger partial charge >= 0.3 is 0 Å². The molecule has 5 rings (SSSR count). The van der Waals surface area contributed by atoms with Crippen molar-refractivity contribution in [2.75, 3.05) is 12.2 Å². The molecule has 0 aliphatic rings. The second-order valence-corrected chi connectivity index (χ2v) is 9.50. The molecule has 1 unspecified atom stereocenters. The van der Waals surface area contributed by atoms with Gasteiger partial charge in [0.25, 0.3) is 0 Å². The number of aromatic nitrogens is 4. The monoisotopic (exact) mass is 474 g/mol. The minimum atomic E-state index is -0.374. The van der Waals surface area contributed by atoms with Gasteiger partial charge in [-0.05, 0) is 53.7 Å². The third-order valence-electron chi connectivity index (χ3n) is 5.15. The van der Waals surface area contributed by atoms with E-state index in [-0.39, 0.29) is 6.17 Å². The van der Waals surface area contributed by atoms with Crippen molar-refractivity contribution >= 4 is 28.4 Å². The molecule has 1 atom stereocenters. The maximum atomic E-state index is 6.51. The lowest BCUT2D eigenvalue weighted by molar-refractivity contribution is 0.231. The number of hydrogen-bond acceptors (Lipinski definition) is 9. The van der Waals surface area contributed by atoms with Gasteiger partial charge < -0.3 is 5.73 Å². The molecule has 3 aromatic heterocycles. The first-order valence-electron chi connectivity index (χ1n) is 10.2. The average molecular weight is 475 g/mol. The Balaban J connectivity index is 1.32. The van der Waals surface area contributed by atoms with E-state index >= 15 is 0 Å². The Bertz CT molecular complexity index is 1330. The fourth-order valence-electron chi connectivity index (χ4n) is 3.30. The van der Waals surface area contributed by atoms with E-state index in [1.807, 2.05) is 84.9 Å². The molecule has 0 fully saturated rings. The SMILES string of the molecule is CN(C(N)c1ccc(-c2ccc(-c3nnn(-c4ccccc4)n3)s2)s1)N(N)c1ccccc1. The Hall–Kier alpha value is -3.41. The van der Waals surface area contributed by atoms with Gasteiger partial charge in [0.05, 0.1) is 16.3 Å². The largest absolute Gasteiger partial charge is 0.310 e. The number of hydrogen-bond donors (Lipinski definition) is 2. The number of para-hydroxylation sites is 2. The van der Waals surface area contributed by atoms with Crippen LogP contribution in [0.2, 0.25) is 0 Å². The van der Waals surface area contributed by atoms with Gasteiger partial charge in [-0.15, -0.1) is 37.7 Å². The van der Waals surface area contributed by atoms with Crippen LogP contribution in [0.25, 0.3) is 26.1 Å². The number of thiophene rings is 2. The Morgan fingerprint density at radius 2 is 1.45 bits per heavy atom. The summed E-state index contributed by atoms with van der Waals surface area (Å²) in [4.78, 5) is 5.77. The van der Waals surface area contributed by atoms with Gasteiger partial charge in [0, 0.05) is 21.7 Å². The van der Waals surface area contributed by atoms with Crippen molar-refractivity contribution in [1.29, 1.82) is 0 Å². The first kappa shape index (κ1) is 21.4. The van der Waals surface area contributed by atoms with Crippen molar-refractivity contribution in [3.63, 3.8) is 0 Å². The van der Waals surface area contributed by atoms with Gasteiger partial charge in [-0.1, -0.05) is 36.4 Å². The molecule has 0 amide bonds. The lowest BCUT2D eigenvalue weighted by Crippen LogP contribution is -2.49. The summed E-state index contributed by atoms with van der Waals surface area (Å²) >= 11 is 3.27. The number of tetrazole rings is 1. The predicted molar refractivity (Wildman–Crippen MR) is 134 cm³/mol. The van der Waals surface area contributed by atoms with Crippen LogP contribution in [0.1, 0.15) is 11.0 Å². The number of nitrogens with zero attached hydrogens (tertiary/aromatic N) is 6. The molecule has 5 aromatic rings. The molecule has 0 spiro atoms. The summed E-state index contributed by atoms with van der Waals surface area (Å²) < 4.78 is 0. The summed E-state index contributed by atoms with van der Waals surface area (Å²) in [6.07, 6.45) is -0.374. The van der Waals surface area contributed by atoms with E-state index in [0.717, 1.165) is 30.9 Å². The Morgan fingerprint density at radius 3 is 2.21 bits per heavy atom. The first-order valence-corrected chi connectivity index (χ1v) is 11.9. The van der Waals surface area contributed by atoms with Crippen LogP contribution < -0.4 is 16.7 Å². The van der Waals surface area contributed by atoms with Crippen molar-refractivity contribution in [3.05, 3.63) is 89.8 Å². The van der Waals surface area contributed by atoms with Crippen LogP contribution in [0.5, 0.6) is 0 Å². The molecule has 10 heteroatoms. The van der Waals surface area contributed by atoms with E-state index in [2.05, 4.69) is 27.5 Å². The van der Waals surface area contributed by atoms with Gasteiger partial charge in [0.15, 0.2) is 0 Å². The number of hydrazine groups is 2. The molecule has 0 aliphatic heterocycles. The van der Waals surface area contributed by atoms with E-state index in [1.54, 1.807) is 27.8 Å². The highest BCUT2D eigenvalue weighted by Gasteiger charge is 2.20. The van der Waals surface area contributed by atoms with E-state index < -0.39 is 0 Å². The van der Waals surface area contributed by atoms with E-state index in [0.29, 0.717) is 5.82 Å². The molecule has 0 radical (unpaired) electrons. The maximum absolute atomic E-state index is 6.51. The molecule has 4 N–H and O–H groups in total. The summed E-state index contributed by atoms with van der Waals surface area (Å²) in [5.41, 5.74) is 8.25. The van der Waals surface area contributed by atoms with Crippen LogP contribution in [0.3, 0.4) is 0 Å². The fraction of sp³-hybridized carbons (Fsp3) is 0.0870. The van der Waals surface area contributed by atoms with Crippen LogP contribution in [0.4, 0.5) is 5.69 Å². The third-order valence-corrected chi connectivity index (χ3v) is 7.58. The van der Waals surface area contributed by atoms with Crippen LogP contribution in [0, 0.1) is 0 Å². The normalized spacial score (nSPS) is 12.2. The summed E-state index contributed by atoms with van der Waals surface area (Å²) in [7, 11) is 1.88. The van der Waals surface area contributed by atoms with Crippen LogP contribution in [0.15, 0.2) is 84.9 Å². The van der Waals surface area contributed by atoms with Gasteiger partial charge in [0.1, 0.15) is 6.17 Å². The van der Waals surface area contributed by atoms with Crippen LogP contribution in [-0.4, -0.2) is 32.3 Å². The van der Waals surface area contributed by atoms with Gasteiger partial charge in [-0.25, -0.2) is 11.0 Å². The van der Waals surface area contributed by atoms with Crippen LogP contribution >= 0.6 is 22.7 Å². The quantitative estimate of drug-likeness (QED) is 0.206. The van der Waals surface area contributed by atoms with Gasteiger partial charge in [-0.2, -0.15) is 5.01 Å². The molecule has 0 saturated carbocycles. The second-order valence-electron chi connectivity index (χ2n) is 7.30. The molecule has 3 heterocycles. The third kappa shape index (κ3) is 4.42. The fourth-order valence-corrected chi connectivity index (χ4v) is 5.37. The molecule has 0 aliphatic carbocycles. The van der Waals surface area contributed by atoms with E-state index in [1.165, 1.54) is 4.80 Å². The second kappa shape index (κ2) is 9.22. The lowest BCUT2D eigenvalue weighted by atomic mass is 10.3. The Morgan fingerprint density at radius 1 is 0.818 bits per heavy atom. The molecule has 0 bridgehead atoms. The standard InChI is InChI=1S/C23H22N8S2/c1-29(30(25)16-8-4-2-5-9-16)22(24)20-14-12-18(32-20)19-13-15-21(33-19)23-26-28-31(27-23)17-10-6-3-7-11-17/h2-15,22H,24-25H2,1H3. The molecule has 0 saturated heterocycles. The van der Waals surface area contributed by atoms with Gasteiger partial charge in [-0.3, -0.25) is 0 Å².